The minimum Gasteiger partial charge on any atom is -0.381 e. The first-order valence-electron chi connectivity index (χ1n) is 7.32. The second-order valence-corrected chi connectivity index (χ2v) is 6.72. The summed E-state index contributed by atoms with van der Waals surface area (Å²) in [5.41, 5.74) is 0.457. The first-order valence-corrected chi connectivity index (χ1v) is 7.32. The quantitative estimate of drug-likeness (QED) is 0.735. The first kappa shape index (κ1) is 15.0. The molecule has 0 radical (unpaired) electrons. The van der Waals surface area contributed by atoms with Gasteiger partial charge in [-0.3, -0.25) is 0 Å². The molecule has 0 bridgehead atoms. The molecule has 102 valence electrons. The van der Waals surface area contributed by atoms with Crippen molar-refractivity contribution < 1.29 is 4.74 Å². The summed E-state index contributed by atoms with van der Waals surface area (Å²) in [5.74, 6) is 0.796. The highest BCUT2D eigenvalue weighted by molar-refractivity contribution is 4.76. The summed E-state index contributed by atoms with van der Waals surface area (Å²) in [6.07, 6.45) is 6.41. The van der Waals surface area contributed by atoms with Gasteiger partial charge in [0, 0.05) is 19.3 Å². The van der Waals surface area contributed by atoms with Gasteiger partial charge in [-0.1, -0.05) is 27.7 Å². The van der Waals surface area contributed by atoms with Gasteiger partial charge in [0.1, 0.15) is 0 Å². The summed E-state index contributed by atoms with van der Waals surface area (Å²) >= 11 is 0. The van der Waals surface area contributed by atoms with Crippen LogP contribution < -0.4 is 5.32 Å². The lowest BCUT2D eigenvalue weighted by atomic mass is 9.86. The van der Waals surface area contributed by atoms with Crippen molar-refractivity contribution in [2.45, 2.75) is 65.8 Å². The van der Waals surface area contributed by atoms with Gasteiger partial charge in [-0.05, 0) is 50.0 Å². The average Bonchev–Trinajstić information content (AvgIpc) is 2.73. The second kappa shape index (κ2) is 7.38. The monoisotopic (exact) mass is 241 g/mol. The summed E-state index contributed by atoms with van der Waals surface area (Å²) in [7, 11) is 0. The van der Waals surface area contributed by atoms with E-state index < -0.39 is 0 Å². The van der Waals surface area contributed by atoms with E-state index in [-0.39, 0.29) is 0 Å². The van der Waals surface area contributed by atoms with Crippen LogP contribution in [-0.2, 0) is 4.74 Å². The Bertz CT molecular complexity index is 192. The Labute approximate surface area is 108 Å². The van der Waals surface area contributed by atoms with E-state index in [4.69, 9.17) is 4.74 Å². The third kappa shape index (κ3) is 7.05. The van der Waals surface area contributed by atoms with Crippen LogP contribution in [0.4, 0.5) is 0 Å². The van der Waals surface area contributed by atoms with E-state index in [1.807, 2.05) is 0 Å². The van der Waals surface area contributed by atoms with Crippen molar-refractivity contribution in [3.8, 4) is 0 Å². The maximum Gasteiger partial charge on any atom is 0.0495 e. The second-order valence-electron chi connectivity index (χ2n) is 6.72. The van der Waals surface area contributed by atoms with E-state index in [1.165, 1.54) is 32.1 Å². The molecule has 2 unspecified atom stereocenters. The number of ether oxygens (including phenoxy) is 1. The Kier molecular flexibility index (Phi) is 6.50. The predicted octanol–water partition coefficient (Wildman–Crippen LogP) is 3.61. The molecule has 2 atom stereocenters. The van der Waals surface area contributed by atoms with E-state index >= 15 is 0 Å². The van der Waals surface area contributed by atoms with Gasteiger partial charge in [0.2, 0.25) is 0 Å². The molecular formula is C15H31NO. The Balaban J connectivity index is 2.30. The van der Waals surface area contributed by atoms with Crippen LogP contribution in [0.3, 0.4) is 0 Å². The Morgan fingerprint density at radius 3 is 2.65 bits per heavy atom. The lowest BCUT2D eigenvalue weighted by molar-refractivity contribution is 0.180. The van der Waals surface area contributed by atoms with Crippen molar-refractivity contribution in [2.24, 2.45) is 11.3 Å². The molecule has 0 saturated carbocycles. The Hall–Kier alpha value is -0.0800. The van der Waals surface area contributed by atoms with Crippen molar-refractivity contribution in [3.05, 3.63) is 0 Å². The predicted molar refractivity (Wildman–Crippen MR) is 74.3 cm³/mol. The maximum atomic E-state index is 5.48. The summed E-state index contributed by atoms with van der Waals surface area (Å²) < 4.78 is 5.48. The summed E-state index contributed by atoms with van der Waals surface area (Å²) in [6.45, 7) is 12.4. The lowest BCUT2D eigenvalue weighted by Gasteiger charge is -2.25. The topological polar surface area (TPSA) is 21.3 Å². The molecule has 0 aliphatic carbocycles. The third-order valence-corrected chi connectivity index (χ3v) is 3.57. The Morgan fingerprint density at radius 2 is 2.12 bits per heavy atom. The van der Waals surface area contributed by atoms with Crippen molar-refractivity contribution in [2.75, 3.05) is 19.8 Å². The molecule has 1 N–H and O–H groups in total. The van der Waals surface area contributed by atoms with Crippen molar-refractivity contribution >= 4 is 0 Å². The number of hydrogen-bond donors (Lipinski definition) is 1. The SMILES string of the molecule is CCCNC(CCC(C)(C)C)CC1CCOC1. The van der Waals surface area contributed by atoms with Gasteiger partial charge in [-0.25, -0.2) is 0 Å². The molecule has 1 heterocycles. The van der Waals surface area contributed by atoms with Crippen LogP contribution in [0.5, 0.6) is 0 Å². The zero-order chi connectivity index (χ0) is 12.7. The molecule has 0 aromatic rings. The maximum absolute atomic E-state index is 5.48. The molecule has 1 aliphatic rings. The highest BCUT2D eigenvalue weighted by atomic mass is 16.5. The standard InChI is InChI=1S/C15H31NO/c1-5-9-16-14(6-8-15(2,3)4)11-13-7-10-17-12-13/h13-14,16H,5-12H2,1-4H3. The van der Waals surface area contributed by atoms with Gasteiger partial charge < -0.3 is 10.1 Å². The van der Waals surface area contributed by atoms with Crippen LogP contribution in [0.1, 0.15) is 59.8 Å². The number of nitrogens with one attached hydrogen (secondary N) is 1. The zero-order valence-corrected chi connectivity index (χ0v) is 12.2. The zero-order valence-electron chi connectivity index (χ0n) is 12.2. The normalized spacial score (nSPS) is 22.9. The van der Waals surface area contributed by atoms with E-state index in [0.717, 1.165) is 25.7 Å². The fourth-order valence-corrected chi connectivity index (χ4v) is 2.43. The van der Waals surface area contributed by atoms with Crippen LogP contribution in [0.15, 0.2) is 0 Å². The van der Waals surface area contributed by atoms with Gasteiger partial charge in [0.15, 0.2) is 0 Å². The van der Waals surface area contributed by atoms with E-state index in [0.29, 0.717) is 11.5 Å². The molecule has 0 amide bonds. The molecule has 1 rings (SSSR count). The average molecular weight is 241 g/mol. The van der Waals surface area contributed by atoms with Crippen LogP contribution in [0.25, 0.3) is 0 Å². The van der Waals surface area contributed by atoms with E-state index in [9.17, 15) is 0 Å². The van der Waals surface area contributed by atoms with Crippen molar-refractivity contribution in [1.29, 1.82) is 0 Å². The van der Waals surface area contributed by atoms with Crippen molar-refractivity contribution in [1.82, 2.24) is 5.32 Å². The van der Waals surface area contributed by atoms with Gasteiger partial charge in [0.05, 0.1) is 0 Å². The molecule has 0 aromatic carbocycles. The highest BCUT2D eigenvalue weighted by Gasteiger charge is 2.21. The minimum absolute atomic E-state index is 0.457. The first-order chi connectivity index (χ1) is 8.01. The van der Waals surface area contributed by atoms with Crippen LogP contribution in [0.2, 0.25) is 0 Å². The number of rotatable bonds is 7. The van der Waals surface area contributed by atoms with Gasteiger partial charge >= 0.3 is 0 Å². The van der Waals surface area contributed by atoms with E-state index in [1.54, 1.807) is 0 Å². The summed E-state index contributed by atoms with van der Waals surface area (Å²) in [6, 6.07) is 0.695. The molecule has 0 spiro atoms. The fraction of sp³-hybridized carbons (Fsp3) is 1.00. The van der Waals surface area contributed by atoms with Crippen molar-refractivity contribution in [3.63, 3.8) is 0 Å². The molecule has 2 nitrogen and oxygen atoms in total. The minimum atomic E-state index is 0.457. The van der Waals surface area contributed by atoms with Gasteiger partial charge in [-0.2, -0.15) is 0 Å². The summed E-state index contributed by atoms with van der Waals surface area (Å²) in [4.78, 5) is 0. The summed E-state index contributed by atoms with van der Waals surface area (Å²) in [5, 5.41) is 3.71. The van der Waals surface area contributed by atoms with Crippen LogP contribution in [0, 0.1) is 11.3 Å². The lowest BCUT2D eigenvalue weighted by Crippen LogP contribution is -2.33. The molecule has 1 fully saturated rings. The molecule has 2 heteroatoms. The smallest absolute Gasteiger partial charge is 0.0495 e. The molecule has 17 heavy (non-hydrogen) atoms. The van der Waals surface area contributed by atoms with Crippen LogP contribution in [-0.4, -0.2) is 25.8 Å². The van der Waals surface area contributed by atoms with Gasteiger partial charge in [0.25, 0.3) is 0 Å². The Morgan fingerprint density at radius 1 is 1.35 bits per heavy atom. The fourth-order valence-electron chi connectivity index (χ4n) is 2.43. The van der Waals surface area contributed by atoms with Gasteiger partial charge in [-0.15, -0.1) is 0 Å². The van der Waals surface area contributed by atoms with Crippen LogP contribution >= 0.6 is 0 Å². The van der Waals surface area contributed by atoms with E-state index in [2.05, 4.69) is 33.0 Å². The molecular weight excluding hydrogens is 210 g/mol. The largest absolute Gasteiger partial charge is 0.381 e. The molecule has 1 saturated heterocycles. The third-order valence-electron chi connectivity index (χ3n) is 3.57. The number of hydrogen-bond acceptors (Lipinski definition) is 2. The molecule has 0 aromatic heterocycles. The molecule has 1 aliphatic heterocycles. The highest BCUT2D eigenvalue weighted by Crippen LogP contribution is 2.25.